The number of Topliss-reactive ketones (excluding diaryl/α,β-unsaturated/α-hetero) is 1. The van der Waals surface area contributed by atoms with E-state index in [1.54, 1.807) is 12.1 Å². The molecule has 0 aliphatic rings. The number of rotatable bonds is 3. The molecule has 1 aromatic rings. The minimum atomic E-state index is -0.0579. The van der Waals surface area contributed by atoms with Crippen molar-refractivity contribution in [2.75, 3.05) is 6.61 Å². The molecule has 78 valence electrons. The van der Waals surface area contributed by atoms with Crippen LogP contribution in [0.15, 0.2) is 12.1 Å². The molecule has 0 saturated heterocycles. The monoisotopic (exact) mass is 315 g/mol. The third kappa shape index (κ3) is 2.69. The van der Waals surface area contributed by atoms with E-state index in [2.05, 4.69) is 0 Å². The van der Waals surface area contributed by atoms with Crippen molar-refractivity contribution in [3.8, 4) is 11.8 Å². The minimum Gasteiger partial charge on any atom is -0.494 e. The molecule has 0 heterocycles. The zero-order valence-electron chi connectivity index (χ0n) is 8.50. The lowest BCUT2D eigenvalue weighted by Crippen LogP contribution is -2.01. The molecule has 1 rings (SSSR count). The highest BCUT2D eigenvalue weighted by molar-refractivity contribution is 14.1. The lowest BCUT2D eigenvalue weighted by Gasteiger charge is -2.07. The number of ether oxygens (including phenoxy) is 1. The summed E-state index contributed by atoms with van der Waals surface area (Å²) in [5.41, 5.74) is 1.02. The predicted octanol–water partition coefficient (Wildman–Crippen LogP) is 2.76. The summed E-state index contributed by atoms with van der Waals surface area (Å²) in [6, 6.07) is 5.38. The number of carbonyl (C=O) groups is 1. The number of hydrogen-bond acceptors (Lipinski definition) is 3. The van der Waals surface area contributed by atoms with E-state index in [-0.39, 0.29) is 5.78 Å². The van der Waals surface area contributed by atoms with Crippen LogP contribution in [0.5, 0.6) is 5.75 Å². The molecule has 0 fully saturated rings. The largest absolute Gasteiger partial charge is 0.494 e. The van der Waals surface area contributed by atoms with E-state index < -0.39 is 0 Å². The number of carbonyl (C=O) groups excluding carboxylic acids is 1. The van der Waals surface area contributed by atoms with Crippen molar-refractivity contribution in [3.05, 3.63) is 26.8 Å². The van der Waals surface area contributed by atoms with Crippen LogP contribution in [0.2, 0.25) is 0 Å². The lowest BCUT2D eigenvalue weighted by atomic mass is 10.1. The quantitative estimate of drug-likeness (QED) is 0.636. The number of halogens is 1. The second-order valence-corrected chi connectivity index (χ2v) is 4.01. The summed E-state index contributed by atoms with van der Waals surface area (Å²) in [5, 5.41) is 8.90. The van der Waals surface area contributed by atoms with Gasteiger partial charge in [0, 0.05) is 9.13 Å². The van der Waals surface area contributed by atoms with Gasteiger partial charge in [0.05, 0.1) is 12.2 Å². The lowest BCUT2D eigenvalue weighted by molar-refractivity contribution is 0.101. The first-order valence-electron chi connectivity index (χ1n) is 4.47. The average Bonchev–Trinajstić information content (AvgIpc) is 2.20. The fraction of sp³-hybridized carbons (Fsp3) is 0.273. The highest BCUT2D eigenvalue weighted by atomic mass is 127. The van der Waals surface area contributed by atoms with Crippen molar-refractivity contribution in [3.63, 3.8) is 0 Å². The minimum absolute atomic E-state index is 0.0579. The molecule has 0 bridgehead atoms. The molecule has 15 heavy (non-hydrogen) atoms. The molecule has 0 spiro atoms. The molecule has 0 saturated carbocycles. The first-order chi connectivity index (χ1) is 7.10. The molecule has 3 nitrogen and oxygen atoms in total. The molecule has 0 aliphatic heterocycles. The first-order valence-corrected chi connectivity index (χ1v) is 5.55. The van der Waals surface area contributed by atoms with E-state index in [9.17, 15) is 4.79 Å². The van der Waals surface area contributed by atoms with Gasteiger partial charge in [-0.15, -0.1) is 0 Å². The second kappa shape index (κ2) is 5.12. The van der Waals surface area contributed by atoms with Gasteiger partial charge >= 0.3 is 0 Å². The van der Waals surface area contributed by atoms with Gasteiger partial charge in [-0.05, 0) is 48.6 Å². The topological polar surface area (TPSA) is 50.1 Å². The van der Waals surface area contributed by atoms with E-state index in [0.29, 0.717) is 27.1 Å². The Morgan fingerprint density at radius 3 is 2.73 bits per heavy atom. The van der Waals surface area contributed by atoms with E-state index in [1.807, 2.05) is 35.6 Å². The predicted molar refractivity (Wildman–Crippen MR) is 65.0 cm³/mol. The molecule has 0 aromatic heterocycles. The maximum atomic E-state index is 11.3. The van der Waals surface area contributed by atoms with Crippen LogP contribution >= 0.6 is 22.6 Å². The number of benzene rings is 1. The van der Waals surface area contributed by atoms with Crippen LogP contribution in [0.3, 0.4) is 0 Å². The van der Waals surface area contributed by atoms with Gasteiger partial charge in [0.25, 0.3) is 0 Å². The van der Waals surface area contributed by atoms with Crippen molar-refractivity contribution in [2.45, 2.75) is 13.8 Å². The Morgan fingerprint density at radius 2 is 2.27 bits per heavy atom. The first kappa shape index (κ1) is 12.0. The maximum Gasteiger partial charge on any atom is 0.161 e. The van der Waals surface area contributed by atoms with Crippen molar-refractivity contribution in [1.82, 2.24) is 0 Å². The zero-order chi connectivity index (χ0) is 11.4. The van der Waals surface area contributed by atoms with Crippen LogP contribution in [0.25, 0.3) is 0 Å². The van der Waals surface area contributed by atoms with Gasteiger partial charge in [0.15, 0.2) is 5.78 Å². The average molecular weight is 315 g/mol. The molecular formula is C11H10INO2. The molecule has 0 amide bonds. The summed E-state index contributed by atoms with van der Waals surface area (Å²) in [5.74, 6) is 0.511. The van der Waals surface area contributed by atoms with Gasteiger partial charge < -0.3 is 4.74 Å². The van der Waals surface area contributed by atoms with E-state index >= 15 is 0 Å². The van der Waals surface area contributed by atoms with Gasteiger partial charge in [0.1, 0.15) is 11.8 Å². The molecule has 0 unspecified atom stereocenters. The summed E-state index contributed by atoms with van der Waals surface area (Å²) < 4.78 is 5.97. The molecule has 0 atom stereocenters. The summed E-state index contributed by atoms with van der Waals surface area (Å²) in [6.45, 7) is 3.86. The van der Waals surface area contributed by atoms with Gasteiger partial charge in [-0.2, -0.15) is 5.26 Å². The fourth-order valence-electron chi connectivity index (χ4n) is 1.19. The Hall–Kier alpha value is -1.09. The van der Waals surface area contributed by atoms with E-state index in [1.165, 1.54) is 6.92 Å². The standard InChI is InChI=1S/C11H10INO2/c1-3-15-9-4-8(6-13)11(12)10(5-9)7(2)14/h4-5H,3H2,1-2H3. The summed E-state index contributed by atoms with van der Waals surface area (Å²) in [7, 11) is 0. The highest BCUT2D eigenvalue weighted by Gasteiger charge is 2.12. The Labute approximate surface area is 102 Å². The Balaban J connectivity index is 3.33. The van der Waals surface area contributed by atoms with Crippen LogP contribution in [0, 0.1) is 14.9 Å². The molecule has 4 heteroatoms. The smallest absolute Gasteiger partial charge is 0.161 e. The number of ketones is 1. The van der Waals surface area contributed by atoms with Crippen LogP contribution in [0.4, 0.5) is 0 Å². The summed E-state index contributed by atoms with van der Waals surface area (Å²) in [6.07, 6.45) is 0. The van der Waals surface area contributed by atoms with Gasteiger partial charge in [0.2, 0.25) is 0 Å². The summed E-state index contributed by atoms with van der Waals surface area (Å²) >= 11 is 2.00. The van der Waals surface area contributed by atoms with Crippen molar-refractivity contribution < 1.29 is 9.53 Å². The van der Waals surface area contributed by atoms with Crippen molar-refractivity contribution >= 4 is 28.4 Å². The van der Waals surface area contributed by atoms with Crippen molar-refractivity contribution in [1.29, 1.82) is 5.26 Å². The Kier molecular flexibility index (Phi) is 4.09. The van der Waals surface area contributed by atoms with Crippen LogP contribution < -0.4 is 4.74 Å². The molecule has 1 aromatic carbocycles. The Morgan fingerprint density at radius 1 is 1.60 bits per heavy atom. The third-order valence-corrected chi connectivity index (χ3v) is 3.02. The molecule has 0 aliphatic carbocycles. The van der Waals surface area contributed by atoms with Crippen LogP contribution in [-0.4, -0.2) is 12.4 Å². The van der Waals surface area contributed by atoms with Gasteiger partial charge in [-0.25, -0.2) is 0 Å². The molecule has 0 N–H and O–H groups in total. The van der Waals surface area contributed by atoms with Gasteiger partial charge in [-0.3, -0.25) is 4.79 Å². The number of nitrogens with zero attached hydrogens (tertiary/aromatic N) is 1. The van der Waals surface area contributed by atoms with Gasteiger partial charge in [-0.1, -0.05) is 0 Å². The SMILES string of the molecule is CCOc1cc(C#N)c(I)c(C(C)=O)c1. The highest BCUT2D eigenvalue weighted by Crippen LogP contribution is 2.24. The molecule has 0 radical (unpaired) electrons. The normalized spacial score (nSPS) is 9.47. The molecular weight excluding hydrogens is 305 g/mol. The van der Waals surface area contributed by atoms with Crippen LogP contribution in [-0.2, 0) is 0 Å². The zero-order valence-corrected chi connectivity index (χ0v) is 10.7. The van der Waals surface area contributed by atoms with E-state index in [0.717, 1.165) is 0 Å². The van der Waals surface area contributed by atoms with Crippen LogP contribution in [0.1, 0.15) is 29.8 Å². The Bertz CT molecular complexity index is 435. The van der Waals surface area contributed by atoms with Crippen molar-refractivity contribution in [2.24, 2.45) is 0 Å². The number of nitriles is 1. The third-order valence-electron chi connectivity index (χ3n) is 1.86. The van der Waals surface area contributed by atoms with E-state index in [4.69, 9.17) is 10.00 Å². The second-order valence-electron chi connectivity index (χ2n) is 2.93. The fourth-order valence-corrected chi connectivity index (χ4v) is 2.00. The maximum absolute atomic E-state index is 11.3. The number of hydrogen-bond donors (Lipinski definition) is 0. The summed E-state index contributed by atoms with van der Waals surface area (Å²) in [4.78, 5) is 11.3.